The maximum atomic E-state index is 10.9. The lowest BCUT2D eigenvalue weighted by atomic mass is 10.0. The molecule has 0 N–H and O–H groups in total. The van der Waals surface area contributed by atoms with E-state index in [1.165, 1.54) is 25.7 Å². The molecule has 1 aliphatic heterocycles. The molecule has 23 heavy (non-hydrogen) atoms. The second kappa shape index (κ2) is 7.06. The zero-order valence-corrected chi connectivity index (χ0v) is 13.0. The number of nitrogens with zero attached hydrogens (tertiary/aromatic N) is 3. The Balaban J connectivity index is 1.96. The minimum absolute atomic E-state index is 0.588. The third kappa shape index (κ3) is 3.40. The van der Waals surface area contributed by atoms with Crippen LogP contribution >= 0.6 is 0 Å². The van der Waals surface area contributed by atoms with Gasteiger partial charge in [-0.1, -0.05) is 18.9 Å². The normalized spacial score (nSPS) is 14.8. The van der Waals surface area contributed by atoms with Crippen LogP contribution in [0.25, 0.3) is 11.3 Å². The Morgan fingerprint density at radius 3 is 2.57 bits per heavy atom. The Bertz CT molecular complexity index is 741. The Kier molecular flexibility index (Phi) is 4.68. The van der Waals surface area contributed by atoms with Gasteiger partial charge in [0, 0.05) is 30.4 Å². The van der Waals surface area contributed by atoms with Gasteiger partial charge in [-0.3, -0.25) is 9.78 Å². The number of benzene rings is 1. The molecule has 0 bridgehead atoms. The monoisotopic (exact) mass is 305 g/mol. The number of rotatable bonds is 3. The highest BCUT2D eigenvalue weighted by Crippen LogP contribution is 2.28. The van der Waals surface area contributed by atoms with Crippen molar-refractivity contribution >= 4 is 12.0 Å². The van der Waals surface area contributed by atoms with E-state index in [-0.39, 0.29) is 0 Å². The molecule has 0 amide bonds. The highest BCUT2D eigenvalue weighted by Gasteiger charge is 2.14. The van der Waals surface area contributed by atoms with Crippen molar-refractivity contribution in [2.45, 2.75) is 25.7 Å². The number of nitriles is 1. The fourth-order valence-electron chi connectivity index (χ4n) is 3.05. The largest absolute Gasteiger partial charge is 0.370 e. The van der Waals surface area contributed by atoms with Crippen LogP contribution in [0.1, 0.15) is 41.6 Å². The van der Waals surface area contributed by atoms with Crippen molar-refractivity contribution in [1.29, 1.82) is 5.26 Å². The molecule has 0 atom stereocenters. The third-order valence-corrected chi connectivity index (χ3v) is 4.28. The lowest BCUT2D eigenvalue weighted by Crippen LogP contribution is -2.24. The first kappa shape index (κ1) is 15.2. The summed E-state index contributed by atoms with van der Waals surface area (Å²) in [7, 11) is 0. The van der Waals surface area contributed by atoms with E-state index in [1.54, 1.807) is 18.3 Å². The second-order valence-electron chi connectivity index (χ2n) is 5.84. The average molecular weight is 305 g/mol. The van der Waals surface area contributed by atoms with Crippen molar-refractivity contribution in [3.63, 3.8) is 0 Å². The molecule has 3 rings (SSSR count). The van der Waals surface area contributed by atoms with Crippen molar-refractivity contribution in [2.75, 3.05) is 18.0 Å². The van der Waals surface area contributed by atoms with Crippen LogP contribution in [-0.2, 0) is 0 Å². The standard InChI is InChI=1S/C19H19N3O/c20-13-17-12-16(18-11-15(14-23)7-8-21-18)5-6-19(17)22-9-3-1-2-4-10-22/h5-8,11-12,14H,1-4,9-10H2. The van der Waals surface area contributed by atoms with E-state index in [0.717, 1.165) is 30.6 Å². The molecule has 0 saturated carbocycles. The van der Waals surface area contributed by atoms with Gasteiger partial charge in [0.15, 0.2) is 0 Å². The molecule has 1 fully saturated rings. The summed E-state index contributed by atoms with van der Waals surface area (Å²) in [6.45, 7) is 2.01. The number of aldehydes is 1. The summed E-state index contributed by atoms with van der Waals surface area (Å²) >= 11 is 0. The second-order valence-corrected chi connectivity index (χ2v) is 5.84. The van der Waals surface area contributed by atoms with Crippen LogP contribution in [-0.4, -0.2) is 24.4 Å². The maximum absolute atomic E-state index is 10.9. The van der Waals surface area contributed by atoms with Gasteiger partial charge in [-0.25, -0.2) is 0 Å². The molecule has 116 valence electrons. The predicted octanol–water partition coefficient (Wildman–Crippen LogP) is 3.81. The van der Waals surface area contributed by atoms with Crippen molar-refractivity contribution in [3.05, 3.63) is 47.7 Å². The summed E-state index contributed by atoms with van der Waals surface area (Å²) in [5.74, 6) is 0. The lowest BCUT2D eigenvalue weighted by Gasteiger charge is -2.24. The lowest BCUT2D eigenvalue weighted by molar-refractivity contribution is 0.112. The predicted molar refractivity (Wildman–Crippen MR) is 90.5 cm³/mol. The van der Waals surface area contributed by atoms with Crippen LogP contribution in [0.5, 0.6) is 0 Å². The summed E-state index contributed by atoms with van der Waals surface area (Å²) in [4.78, 5) is 17.5. The zero-order valence-electron chi connectivity index (χ0n) is 13.0. The van der Waals surface area contributed by atoms with E-state index in [0.29, 0.717) is 16.8 Å². The summed E-state index contributed by atoms with van der Waals surface area (Å²) in [5, 5.41) is 9.54. The number of pyridine rings is 1. The first-order valence-corrected chi connectivity index (χ1v) is 8.02. The van der Waals surface area contributed by atoms with Crippen LogP contribution in [0.4, 0.5) is 5.69 Å². The molecule has 1 aromatic heterocycles. The van der Waals surface area contributed by atoms with Gasteiger partial charge in [0.2, 0.25) is 0 Å². The Morgan fingerprint density at radius 1 is 1.09 bits per heavy atom. The molecular formula is C19H19N3O. The van der Waals surface area contributed by atoms with E-state index in [4.69, 9.17) is 0 Å². The van der Waals surface area contributed by atoms with Gasteiger partial charge >= 0.3 is 0 Å². The van der Waals surface area contributed by atoms with Crippen molar-refractivity contribution in [3.8, 4) is 17.3 Å². The molecule has 1 aromatic carbocycles. The molecule has 0 unspecified atom stereocenters. The molecule has 1 aliphatic rings. The summed E-state index contributed by atoms with van der Waals surface area (Å²) < 4.78 is 0. The molecule has 2 heterocycles. The van der Waals surface area contributed by atoms with Crippen LogP contribution in [0.15, 0.2) is 36.5 Å². The number of aromatic nitrogens is 1. The van der Waals surface area contributed by atoms with Crippen LogP contribution in [0.2, 0.25) is 0 Å². The zero-order chi connectivity index (χ0) is 16.1. The van der Waals surface area contributed by atoms with Gasteiger partial charge in [0.05, 0.1) is 16.9 Å². The fourth-order valence-corrected chi connectivity index (χ4v) is 3.05. The number of hydrogen-bond acceptors (Lipinski definition) is 4. The highest BCUT2D eigenvalue weighted by atomic mass is 16.1. The van der Waals surface area contributed by atoms with Gasteiger partial charge in [0.25, 0.3) is 0 Å². The van der Waals surface area contributed by atoms with E-state index in [9.17, 15) is 10.1 Å². The topological polar surface area (TPSA) is 57.0 Å². The number of hydrogen-bond donors (Lipinski definition) is 0. The van der Waals surface area contributed by atoms with E-state index < -0.39 is 0 Å². The van der Waals surface area contributed by atoms with Gasteiger partial charge in [-0.05, 0) is 37.1 Å². The summed E-state index contributed by atoms with van der Waals surface area (Å²) in [6.07, 6.45) is 7.30. The Morgan fingerprint density at radius 2 is 1.87 bits per heavy atom. The maximum Gasteiger partial charge on any atom is 0.150 e. The molecule has 2 aromatic rings. The van der Waals surface area contributed by atoms with E-state index in [1.807, 2.05) is 18.2 Å². The van der Waals surface area contributed by atoms with Crippen molar-refractivity contribution in [2.24, 2.45) is 0 Å². The molecule has 4 heteroatoms. The molecule has 0 aliphatic carbocycles. The van der Waals surface area contributed by atoms with E-state index in [2.05, 4.69) is 16.0 Å². The smallest absolute Gasteiger partial charge is 0.150 e. The SMILES string of the molecule is N#Cc1cc(-c2cc(C=O)ccn2)ccc1N1CCCCCC1. The first-order valence-electron chi connectivity index (χ1n) is 8.02. The number of carbonyl (C=O) groups excluding carboxylic acids is 1. The van der Waals surface area contributed by atoms with E-state index >= 15 is 0 Å². The minimum Gasteiger partial charge on any atom is -0.370 e. The Labute approximate surface area is 136 Å². The van der Waals surface area contributed by atoms with Crippen LogP contribution < -0.4 is 4.90 Å². The van der Waals surface area contributed by atoms with Gasteiger partial charge in [-0.15, -0.1) is 0 Å². The van der Waals surface area contributed by atoms with Crippen LogP contribution in [0.3, 0.4) is 0 Å². The fraction of sp³-hybridized carbons (Fsp3) is 0.316. The summed E-state index contributed by atoms with van der Waals surface area (Å²) in [6, 6.07) is 11.6. The Hall–Kier alpha value is -2.67. The molecule has 0 radical (unpaired) electrons. The number of anilines is 1. The van der Waals surface area contributed by atoms with Gasteiger partial charge < -0.3 is 4.90 Å². The third-order valence-electron chi connectivity index (χ3n) is 4.28. The molecule has 1 saturated heterocycles. The van der Waals surface area contributed by atoms with Gasteiger partial charge in [-0.2, -0.15) is 5.26 Å². The van der Waals surface area contributed by atoms with Crippen molar-refractivity contribution < 1.29 is 4.79 Å². The average Bonchev–Trinajstić information content (AvgIpc) is 2.90. The first-order chi connectivity index (χ1) is 11.3. The van der Waals surface area contributed by atoms with Crippen LogP contribution in [0, 0.1) is 11.3 Å². The summed E-state index contributed by atoms with van der Waals surface area (Å²) in [5.41, 5.74) is 3.84. The quantitative estimate of drug-likeness (QED) is 0.809. The van der Waals surface area contributed by atoms with Crippen molar-refractivity contribution in [1.82, 2.24) is 4.98 Å². The highest BCUT2D eigenvalue weighted by molar-refractivity contribution is 5.78. The molecule has 4 nitrogen and oxygen atoms in total. The number of carbonyl (C=O) groups is 1. The molecule has 0 spiro atoms. The van der Waals surface area contributed by atoms with Gasteiger partial charge in [0.1, 0.15) is 12.4 Å². The molecular weight excluding hydrogens is 286 g/mol. The minimum atomic E-state index is 0.588.